The largest absolute Gasteiger partial charge is 0.370 e. The number of amides is 1. The van der Waals surface area contributed by atoms with E-state index in [1.165, 1.54) is 6.42 Å². The lowest BCUT2D eigenvalue weighted by atomic mass is 10.1. The number of nitrogens with zero attached hydrogens (tertiary/aromatic N) is 2. The van der Waals surface area contributed by atoms with Crippen LogP contribution in [0.3, 0.4) is 0 Å². The number of nitrogens with one attached hydrogen (secondary N) is 1. The third-order valence-electron chi connectivity index (χ3n) is 5.81. The molecule has 2 aromatic rings. The number of piperidine rings is 2. The summed E-state index contributed by atoms with van der Waals surface area (Å²) in [4.78, 5) is 16.2. The van der Waals surface area contributed by atoms with E-state index in [4.69, 9.17) is 0 Å². The standard InChI is InChI=1S/C22H29N3O3S2/c26-22(16-18-8-7-15-29-18)23-20-17-19(30(27,28)25-13-5-2-6-14-25)9-10-21(20)24-11-3-1-4-12-24/h7-10,15,17H,1-6,11-14,16H2,(H,23,26). The van der Waals surface area contributed by atoms with E-state index in [9.17, 15) is 13.2 Å². The number of rotatable bonds is 6. The molecule has 1 aromatic heterocycles. The second-order valence-corrected chi connectivity index (χ2v) is 11.0. The maximum absolute atomic E-state index is 13.2. The van der Waals surface area contributed by atoms with Crippen LogP contribution in [0, 0.1) is 0 Å². The number of hydrogen-bond donors (Lipinski definition) is 1. The van der Waals surface area contributed by atoms with Crippen LogP contribution in [-0.4, -0.2) is 44.8 Å². The van der Waals surface area contributed by atoms with Crippen molar-refractivity contribution >= 4 is 38.6 Å². The van der Waals surface area contributed by atoms with Gasteiger partial charge in [0.1, 0.15) is 0 Å². The molecule has 3 heterocycles. The second-order valence-electron chi connectivity index (χ2n) is 8.00. The van der Waals surface area contributed by atoms with Gasteiger partial charge in [0.15, 0.2) is 0 Å². The quantitative estimate of drug-likeness (QED) is 0.724. The Morgan fingerprint density at radius 3 is 2.33 bits per heavy atom. The first-order chi connectivity index (χ1) is 14.5. The molecule has 0 bridgehead atoms. The minimum absolute atomic E-state index is 0.122. The van der Waals surface area contributed by atoms with Crippen molar-refractivity contribution in [1.82, 2.24) is 4.31 Å². The average Bonchev–Trinajstić information content (AvgIpc) is 3.28. The minimum atomic E-state index is -3.55. The number of sulfonamides is 1. The number of benzene rings is 1. The van der Waals surface area contributed by atoms with E-state index in [-0.39, 0.29) is 10.8 Å². The molecule has 1 N–H and O–H groups in total. The molecule has 6 nitrogen and oxygen atoms in total. The average molecular weight is 448 g/mol. The summed E-state index contributed by atoms with van der Waals surface area (Å²) in [6.07, 6.45) is 6.58. The van der Waals surface area contributed by atoms with Gasteiger partial charge in [-0.2, -0.15) is 4.31 Å². The van der Waals surface area contributed by atoms with Crippen molar-refractivity contribution in [1.29, 1.82) is 0 Å². The lowest BCUT2D eigenvalue weighted by molar-refractivity contribution is -0.115. The fraction of sp³-hybridized carbons (Fsp3) is 0.500. The van der Waals surface area contributed by atoms with Crippen molar-refractivity contribution in [2.24, 2.45) is 0 Å². The van der Waals surface area contributed by atoms with Gasteiger partial charge in [0.2, 0.25) is 15.9 Å². The third kappa shape index (κ3) is 4.87. The number of anilines is 2. The molecule has 162 valence electrons. The molecule has 0 aliphatic carbocycles. The van der Waals surface area contributed by atoms with Crippen LogP contribution < -0.4 is 10.2 Å². The van der Waals surface area contributed by atoms with Crippen LogP contribution >= 0.6 is 11.3 Å². The van der Waals surface area contributed by atoms with Crippen molar-refractivity contribution in [3.63, 3.8) is 0 Å². The Labute approximate surface area is 182 Å². The minimum Gasteiger partial charge on any atom is -0.370 e. The Hall–Kier alpha value is -1.90. The molecule has 1 amide bonds. The molecule has 0 radical (unpaired) electrons. The smallest absolute Gasteiger partial charge is 0.243 e. The molecule has 0 atom stereocenters. The zero-order valence-electron chi connectivity index (χ0n) is 17.2. The molecule has 0 unspecified atom stereocenters. The van der Waals surface area contributed by atoms with Gasteiger partial charge in [-0.1, -0.05) is 12.5 Å². The highest BCUT2D eigenvalue weighted by Crippen LogP contribution is 2.33. The molecule has 2 saturated heterocycles. The van der Waals surface area contributed by atoms with Gasteiger partial charge in [-0.25, -0.2) is 8.42 Å². The van der Waals surface area contributed by atoms with E-state index in [2.05, 4.69) is 10.2 Å². The van der Waals surface area contributed by atoms with Gasteiger partial charge in [0.25, 0.3) is 0 Å². The molecule has 30 heavy (non-hydrogen) atoms. The molecular formula is C22H29N3O3S2. The van der Waals surface area contributed by atoms with Crippen LogP contribution in [-0.2, 0) is 21.2 Å². The van der Waals surface area contributed by atoms with Crippen LogP contribution in [0.15, 0.2) is 40.6 Å². The van der Waals surface area contributed by atoms with Crippen molar-refractivity contribution in [2.45, 2.75) is 49.8 Å². The van der Waals surface area contributed by atoms with Gasteiger partial charge in [-0.3, -0.25) is 4.79 Å². The van der Waals surface area contributed by atoms with Crippen LogP contribution in [0.2, 0.25) is 0 Å². The van der Waals surface area contributed by atoms with Crippen molar-refractivity contribution < 1.29 is 13.2 Å². The fourth-order valence-electron chi connectivity index (χ4n) is 4.21. The monoisotopic (exact) mass is 447 g/mol. The summed E-state index contributed by atoms with van der Waals surface area (Å²) >= 11 is 1.55. The van der Waals surface area contributed by atoms with Gasteiger partial charge in [-0.15, -0.1) is 11.3 Å². The Bertz CT molecular complexity index is 962. The third-order valence-corrected chi connectivity index (χ3v) is 8.58. The highest BCUT2D eigenvalue weighted by molar-refractivity contribution is 7.89. The normalized spacial score (nSPS) is 18.3. The van der Waals surface area contributed by atoms with Crippen LogP contribution in [0.25, 0.3) is 0 Å². The Kier molecular flexibility index (Phi) is 6.75. The molecular weight excluding hydrogens is 418 g/mol. The van der Waals surface area contributed by atoms with Crippen LogP contribution in [0.1, 0.15) is 43.4 Å². The summed E-state index contributed by atoms with van der Waals surface area (Å²) in [5.41, 5.74) is 1.50. The van der Waals surface area contributed by atoms with E-state index >= 15 is 0 Å². The number of carbonyl (C=O) groups excluding carboxylic acids is 1. The summed E-state index contributed by atoms with van der Waals surface area (Å²) in [7, 11) is -3.55. The van der Waals surface area contributed by atoms with Gasteiger partial charge in [-0.05, 0) is 61.7 Å². The second kappa shape index (κ2) is 9.49. The van der Waals surface area contributed by atoms with Crippen molar-refractivity contribution in [3.8, 4) is 0 Å². The maximum Gasteiger partial charge on any atom is 0.243 e. The van der Waals surface area contributed by atoms with E-state index in [0.717, 1.165) is 55.8 Å². The zero-order valence-corrected chi connectivity index (χ0v) is 18.8. The summed E-state index contributed by atoms with van der Waals surface area (Å²) < 4.78 is 27.9. The number of thiophene rings is 1. The first-order valence-corrected chi connectivity index (χ1v) is 13.1. The molecule has 4 rings (SSSR count). The number of carbonyl (C=O) groups is 1. The van der Waals surface area contributed by atoms with Crippen LogP contribution in [0.5, 0.6) is 0 Å². The Balaban J connectivity index is 1.62. The summed E-state index contributed by atoms with van der Waals surface area (Å²) in [6.45, 7) is 2.98. The lowest BCUT2D eigenvalue weighted by Crippen LogP contribution is -2.36. The molecule has 2 fully saturated rings. The van der Waals surface area contributed by atoms with Crippen molar-refractivity contribution in [3.05, 3.63) is 40.6 Å². The fourth-order valence-corrected chi connectivity index (χ4v) is 6.45. The SMILES string of the molecule is O=C(Cc1cccs1)Nc1cc(S(=O)(=O)N2CCCCC2)ccc1N1CCCCC1. The molecule has 1 aromatic carbocycles. The van der Waals surface area contributed by atoms with Crippen molar-refractivity contribution in [2.75, 3.05) is 36.4 Å². The molecule has 2 aliphatic rings. The van der Waals surface area contributed by atoms with Crippen LogP contribution in [0.4, 0.5) is 11.4 Å². The summed E-state index contributed by atoms with van der Waals surface area (Å²) in [5.74, 6) is -0.122. The zero-order chi connectivity index (χ0) is 21.0. The summed E-state index contributed by atoms with van der Waals surface area (Å²) in [6, 6.07) is 9.08. The molecule has 2 aliphatic heterocycles. The summed E-state index contributed by atoms with van der Waals surface area (Å²) in [5, 5.41) is 4.96. The highest BCUT2D eigenvalue weighted by atomic mass is 32.2. The van der Waals surface area contributed by atoms with E-state index in [1.807, 2.05) is 23.6 Å². The van der Waals surface area contributed by atoms with E-state index < -0.39 is 10.0 Å². The van der Waals surface area contributed by atoms with Gasteiger partial charge < -0.3 is 10.2 Å². The Morgan fingerprint density at radius 1 is 0.967 bits per heavy atom. The van der Waals surface area contributed by atoms with Gasteiger partial charge in [0.05, 0.1) is 22.7 Å². The predicted octanol–water partition coefficient (Wildman–Crippen LogP) is 4.09. The molecule has 0 spiro atoms. The first kappa shape index (κ1) is 21.3. The van der Waals surface area contributed by atoms with E-state index in [1.54, 1.807) is 27.8 Å². The van der Waals surface area contributed by atoms with E-state index in [0.29, 0.717) is 25.2 Å². The Morgan fingerprint density at radius 2 is 1.67 bits per heavy atom. The number of hydrogen-bond acceptors (Lipinski definition) is 5. The first-order valence-electron chi connectivity index (χ1n) is 10.8. The molecule has 0 saturated carbocycles. The van der Waals surface area contributed by atoms with Gasteiger partial charge >= 0.3 is 0 Å². The lowest BCUT2D eigenvalue weighted by Gasteiger charge is -2.31. The highest BCUT2D eigenvalue weighted by Gasteiger charge is 2.27. The predicted molar refractivity (Wildman–Crippen MR) is 122 cm³/mol. The van der Waals surface area contributed by atoms with Gasteiger partial charge in [0, 0.05) is 31.1 Å². The topological polar surface area (TPSA) is 69.7 Å². The maximum atomic E-state index is 13.2. The molecule has 8 heteroatoms.